The van der Waals surface area contributed by atoms with Gasteiger partial charge in [-0.05, 0) is 38.0 Å². The molecule has 0 spiro atoms. The van der Waals surface area contributed by atoms with Gasteiger partial charge >= 0.3 is 6.09 Å². The molecule has 17 heavy (non-hydrogen) atoms. The van der Waals surface area contributed by atoms with Gasteiger partial charge in [0.05, 0.1) is 6.10 Å². The predicted octanol–water partition coefficient (Wildman–Crippen LogP) is 3.02. The molecule has 1 aliphatic rings. The standard InChI is InChI=1S/C13H25NO3/c1-5-17-10-6-8-13(9-7-10,12(2,3)4)14-11(15)16/h10,14H,5-9H2,1-4H3,(H,15,16). The van der Waals surface area contributed by atoms with E-state index in [9.17, 15) is 4.79 Å². The van der Waals surface area contributed by atoms with E-state index in [0.717, 1.165) is 32.3 Å². The van der Waals surface area contributed by atoms with Crippen molar-refractivity contribution in [3.63, 3.8) is 0 Å². The van der Waals surface area contributed by atoms with Crippen molar-refractivity contribution < 1.29 is 14.6 Å². The minimum Gasteiger partial charge on any atom is -0.465 e. The third kappa shape index (κ3) is 3.35. The zero-order valence-corrected chi connectivity index (χ0v) is 11.4. The molecular formula is C13H25NO3. The number of carboxylic acid groups (broad SMARTS) is 1. The van der Waals surface area contributed by atoms with E-state index < -0.39 is 6.09 Å². The third-order valence-electron chi connectivity index (χ3n) is 3.97. The molecule has 0 aromatic heterocycles. The Morgan fingerprint density at radius 2 is 1.94 bits per heavy atom. The summed E-state index contributed by atoms with van der Waals surface area (Å²) in [6, 6.07) is 0. The van der Waals surface area contributed by atoms with Crippen molar-refractivity contribution in [1.82, 2.24) is 5.32 Å². The Labute approximate surface area is 104 Å². The molecule has 1 aliphatic carbocycles. The maximum atomic E-state index is 11.0. The fourth-order valence-corrected chi connectivity index (χ4v) is 2.75. The maximum absolute atomic E-state index is 11.0. The largest absolute Gasteiger partial charge is 0.465 e. The molecule has 0 bridgehead atoms. The SMILES string of the molecule is CCOC1CCC(NC(=O)O)(C(C)(C)C)CC1. The molecule has 0 aliphatic heterocycles. The molecule has 2 N–H and O–H groups in total. The summed E-state index contributed by atoms with van der Waals surface area (Å²) in [5, 5.41) is 11.8. The molecule has 0 saturated heterocycles. The van der Waals surface area contributed by atoms with E-state index in [2.05, 4.69) is 26.1 Å². The molecule has 0 atom stereocenters. The van der Waals surface area contributed by atoms with Crippen LogP contribution in [0.3, 0.4) is 0 Å². The molecule has 1 saturated carbocycles. The van der Waals surface area contributed by atoms with Crippen LogP contribution in [0.4, 0.5) is 4.79 Å². The zero-order valence-electron chi connectivity index (χ0n) is 11.4. The smallest absolute Gasteiger partial charge is 0.405 e. The van der Waals surface area contributed by atoms with Crippen LogP contribution >= 0.6 is 0 Å². The Morgan fingerprint density at radius 3 is 2.29 bits per heavy atom. The highest BCUT2D eigenvalue weighted by atomic mass is 16.5. The lowest BCUT2D eigenvalue weighted by Crippen LogP contribution is -2.59. The molecule has 100 valence electrons. The van der Waals surface area contributed by atoms with Crippen LogP contribution in [-0.4, -0.2) is 29.4 Å². The first-order valence-electron chi connectivity index (χ1n) is 6.43. The van der Waals surface area contributed by atoms with Crippen LogP contribution in [0.2, 0.25) is 0 Å². The van der Waals surface area contributed by atoms with E-state index in [0.29, 0.717) is 6.10 Å². The molecule has 1 rings (SSSR count). The second-order valence-corrected chi connectivity index (χ2v) is 5.92. The quantitative estimate of drug-likeness (QED) is 0.801. The summed E-state index contributed by atoms with van der Waals surface area (Å²) in [4.78, 5) is 11.0. The third-order valence-corrected chi connectivity index (χ3v) is 3.97. The topological polar surface area (TPSA) is 58.6 Å². The summed E-state index contributed by atoms with van der Waals surface area (Å²) in [5.74, 6) is 0. The van der Waals surface area contributed by atoms with Crippen LogP contribution in [-0.2, 0) is 4.74 Å². The molecule has 4 nitrogen and oxygen atoms in total. The average molecular weight is 243 g/mol. The summed E-state index contributed by atoms with van der Waals surface area (Å²) in [6.45, 7) is 9.04. The highest BCUT2D eigenvalue weighted by molar-refractivity contribution is 5.65. The summed E-state index contributed by atoms with van der Waals surface area (Å²) in [5.41, 5.74) is -0.380. The van der Waals surface area contributed by atoms with E-state index in [4.69, 9.17) is 9.84 Å². The number of carbonyl (C=O) groups is 1. The predicted molar refractivity (Wildman–Crippen MR) is 67.2 cm³/mol. The van der Waals surface area contributed by atoms with Gasteiger partial charge in [-0.25, -0.2) is 4.79 Å². The molecule has 1 fully saturated rings. The fraction of sp³-hybridized carbons (Fsp3) is 0.923. The van der Waals surface area contributed by atoms with Crippen molar-refractivity contribution in [2.45, 2.75) is 65.0 Å². The van der Waals surface area contributed by atoms with E-state index in [1.54, 1.807) is 0 Å². The number of hydrogen-bond donors (Lipinski definition) is 2. The van der Waals surface area contributed by atoms with Gasteiger partial charge in [-0.15, -0.1) is 0 Å². The van der Waals surface area contributed by atoms with E-state index in [-0.39, 0.29) is 11.0 Å². The first kappa shape index (κ1) is 14.3. The van der Waals surface area contributed by atoms with E-state index in [1.165, 1.54) is 0 Å². The normalized spacial score (nSPS) is 30.0. The van der Waals surface area contributed by atoms with Gasteiger partial charge in [0.15, 0.2) is 0 Å². The fourth-order valence-electron chi connectivity index (χ4n) is 2.75. The van der Waals surface area contributed by atoms with Crippen molar-refractivity contribution >= 4 is 6.09 Å². The van der Waals surface area contributed by atoms with Gasteiger partial charge in [0.25, 0.3) is 0 Å². The molecule has 0 unspecified atom stereocenters. The lowest BCUT2D eigenvalue weighted by molar-refractivity contribution is -0.0112. The number of hydrogen-bond acceptors (Lipinski definition) is 2. The van der Waals surface area contributed by atoms with Gasteiger partial charge in [-0.2, -0.15) is 0 Å². The van der Waals surface area contributed by atoms with Crippen LogP contribution < -0.4 is 5.32 Å². The van der Waals surface area contributed by atoms with Crippen molar-refractivity contribution in [3.8, 4) is 0 Å². The van der Waals surface area contributed by atoms with Crippen LogP contribution in [0.15, 0.2) is 0 Å². The maximum Gasteiger partial charge on any atom is 0.405 e. The highest BCUT2D eigenvalue weighted by Crippen LogP contribution is 2.42. The lowest BCUT2D eigenvalue weighted by Gasteiger charge is -2.48. The van der Waals surface area contributed by atoms with E-state index in [1.807, 2.05) is 6.92 Å². The number of amides is 1. The average Bonchev–Trinajstić information content (AvgIpc) is 2.19. The van der Waals surface area contributed by atoms with Gasteiger partial charge in [0.2, 0.25) is 0 Å². The summed E-state index contributed by atoms with van der Waals surface area (Å²) < 4.78 is 5.62. The van der Waals surface area contributed by atoms with Crippen LogP contribution in [0.5, 0.6) is 0 Å². The van der Waals surface area contributed by atoms with Crippen molar-refractivity contribution in [2.24, 2.45) is 5.41 Å². The Kier molecular flexibility index (Phi) is 4.42. The summed E-state index contributed by atoms with van der Waals surface area (Å²) >= 11 is 0. The molecule has 0 radical (unpaired) electrons. The summed E-state index contributed by atoms with van der Waals surface area (Å²) in [7, 11) is 0. The lowest BCUT2D eigenvalue weighted by atomic mass is 9.65. The number of ether oxygens (including phenoxy) is 1. The first-order valence-corrected chi connectivity index (χ1v) is 6.43. The Hall–Kier alpha value is -0.770. The zero-order chi connectivity index (χ0) is 13.1. The monoisotopic (exact) mass is 243 g/mol. The molecule has 0 heterocycles. The van der Waals surface area contributed by atoms with Crippen molar-refractivity contribution in [3.05, 3.63) is 0 Å². The number of nitrogens with one attached hydrogen (secondary N) is 1. The minimum atomic E-state index is -0.921. The van der Waals surface area contributed by atoms with Gasteiger partial charge < -0.3 is 15.2 Å². The van der Waals surface area contributed by atoms with Gasteiger partial charge in [0, 0.05) is 12.1 Å². The van der Waals surface area contributed by atoms with Gasteiger partial charge in [-0.1, -0.05) is 20.8 Å². The molecule has 4 heteroatoms. The molecule has 0 aromatic carbocycles. The van der Waals surface area contributed by atoms with Crippen molar-refractivity contribution in [2.75, 3.05) is 6.61 Å². The number of rotatable bonds is 3. The van der Waals surface area contributed by atoms with Gasteiger partial charge in [-0.3, -0.25) is 0 Å². The van der Waals surface area contributed by atoms with Crippen LogP contribution in [0.1, 0.15) is 53.4 Å². The molecular weight excluding hydrogens is 218 g/mol. The van der Waals surface area contributed by atoms with E-state index >= 15 is 0 Å². The second-order valence-electron chi connectivity index (χ2n) is 5.92. The van der Waals surface area contributed by atoms with Crippen LogP contribution in [0, 0.1) is 5.41 Å². The Morgan fingerprint density at radius 1 is 1.41 bits per heavy atom. The Bertz CT molecular complexity index is 262. The van der Waals surface area contributed by atoms with Gasteiger partial charge in [0.1, 0.15) is 0 Å². The first-order chi connectivity index (χ1) is 7.81. The highest BCUT2D eigenvalue weighted by Gasteiger charge is 2.45. The van der Waals surface area contributed by atoms with Crippen LogP contribution in [0.25, 0.3) is 0 Å². The molecule has 0 aromatic rings. The summed E-state index contributed by atoms with van der Waals surface area (Å²) in [6.07, 6.45) is 2.96. The molecule has 1 amide bonds. The Balaban J connectivity index is 2.72. The minimum absolute atomic E-state index is 0.0669. The van der Waals surface area contributed by atoms with Crippen molar-refractivity contribution in [1.29, 1.82) is 0 Å². The second kappa shape index (κ2) is 5.25.